The Labute approximate surface area is 193 Å². The average molecular weight is 454 g/mol. The lowest BCUT2D eigenvalue weighted by molar-refractivity contribution is 0.0139. The van der Waals surface area contributed by atoms with Gasteiger partial charge in [0, 0.05) is 48.6 Å². The fourth-order valence-electron chi connectivity index (χ4n) is 3.91. The van der Waals surface area contributed by atoms with Crippen molar-refractivity contribution in [2.75, 3.05) is 26.2 Å². The van der Waals surface area contributed by atoms with Crippen molar-refractivity contribution in [2.45, 2.75) is 32.9 Å². The smallest absolute Gasteiger partial charge is 0.410 e. The molecule has 2 heterocycles. The van der Waals surface area contributed by atoms with Gasteiger partial charge in [-0.25, -0.2) is 4.79 Å². The number of carbonyl (C=O) groups is 2. The van der Waals surface area contributed by atoms with Gasteiger partial charge in [-0.1, -0.05) is 41.9 Å². The first kappa shape index (κ1) is 22.2. The summed E-state index contributed by atoms with van der Waals surface area (Å²) in [6, 6.07) is 17.6. The van der Waals surface area contributed by atoms with Gasteiger partial charge < -0.3 is 19.1 Å². The molecule has 0 radical (unpaired) electrons. The molecule has 3 aromatic rings. The molecule has 2 amide bonds. The highest BCUT2D eigenvalue weighted by atomic mass is 35.5. The minimum Gasteiger partial charge on any atom is -0.444 e. The Kier molecular flexibility index (Phi) is 6.15. The second-order valence-electron chi connectivity index (χ2n) is 9.06. The van der Waals surface area contributed by atoms with E-state index in [1.165, 1.54) is 0 Å². The van der Waals surface area contributed by atoms with E-state index < -0.39 is 5.60 Å². The molecule has 32 heavy (non-hydrogen) atoms. The molecule has 168 valence electrons. The number of amides is 2. The van der Waals surface area contributed by atoms with E-state index in [9.17, 15) is 9.59 Å². The van der Waals surface area contributed by atoms with Gasteiger partial charge in [-0.05, 0) is 50.6 Å². The van der Waals surface area contributed by atoms with E-state index in [4.69, 9.17) is 16.3 Å². The van der Waals surface area contributed by atoms with Crippen molar-refractivity contribution in [1.29, 1.82) is 0 Å². The Morgan fingerprint density at radius 3 is 2.22 bits per heavy atom. The summed E-state index contributed by atoms with van der Waals surface area (Å²) in [5.41, 5.74) is 2.19. The summed E-state index contributed by atoms with van der Waals surface area (Å²) in [6.07, 6.45) is -0.332. The van der Waals surface area contributed by atoms with Gasteiger partial charge in [-0.2, -0.15) is 0 Å². The van der Waals surface area contributed by atoms with Crippen LogP contribution >= 0.6 is 11.6 Å². The zero-order valence-corrected chi connectivity index (χ0v) is 19.4. The van der Waals surface area contributed by atoms with E-state index in [0.717, 1.165) is 16.5 Å². The molecular weight excluding hydrogens is 426 g/mol. The normalized spacial score (nSPS) is 14.6. The quantitative estimate of drug-likeness (QED) is 0.558. The van der Waals surface area contributed by atoms with Gasteiger partial charge in [0.1, 0.15) is 11.3 Å². The van der Waals surface area contributed by atoms with Crippen molar-refractivity contribution < 1.29 is 14.3 Å². The van der Waals surface area contributed by atoms with E-state index >= 15 is 0 Å². The molecule has 0 bridgehead atoms. The molecule has 1 aliphatic heterocycles. The monoisotopic (exact) mass is 453 g/mol. The van der Waals surface area contributed by atoms with Crippen LogP contribution in [0.4, 0.5) is 4.79 Å². The number of benzene rings is 2. The molecule has 0 saturated carbocycles. The summed E-state index contributed by atoms with van der Waals surface area (Å²) in [4.78, 5) is 29.3. The standard InChI is InChI=1S/C25H28ClN3O3/c1-25(2,3)32-24(31)28-14-12-27(13-15-28)23(30)22-16-19-6-4-5-7-21(19)29(22)17-18-8-10-20(26)11-9-18/h4-11,16H,12-15,17H2,1-3H3. The third-order valence-electron chi connectivity index (χ3n) is 5.50. The molecule has 0 spiro atoms. The highest BCUT2D eigenvalue weighted by Gasteiger charge is 2.29. The Bertz CT molecular complexity index is 1120. The summed E-state index contributed by atoms with van der Waals surface area (Å²) in [5.74, 6) is -0.0287. The van der Waals surface area contributed by atoms with Crippen molar-refractivity contribution >= 4 is 34.5 Å². The minimum atomic E-state index is -0.535. The number of ether oxygens (including phenoxy) is 1. The van der Waals surface area contributed by atoms with Crippen LogP contribution in [0.1, 0.15) is 36.8 Å². The number of nitrogens with zero attached hydrogens (tertiary/aromatic N) is 3. The van der Waals surface area contributed by atoms with Crippen LogP contribution in [-0.2, 0) is 11.3 Å². The van der Waals surface area contributed by atoms with Crippen molar-refractivity contribution in [3.8, 4) is 0 Å². The zero-order valence-electron chi connectivity index (χ0n) is 18.7. The van der Waals surface area contributed by atoms with Gasteiger partial charge in [0.2, 0.25) is 0 Å². The number of aromatic nitrogens is 1. The SMILES string of the molecule is CC(C)(C)OC(=O)N1CCN(C(=O)c2cc3ccccc3n2Cc2ccc(Cl)cc2)CC1. The van der Waals surface area contributed by atoms with Crippen LogP contribution in [0.3, 0.4) is 0 Å². The maximum Gasteiger partial charge on any atom is 0.410 e. The van der Waals surface area contributed by atoms with Crippen LogP contribution < -0.4 is 0 Å². The minimum absolute atomic E-state index is 0.0287. The highest BCUT2D eigenvalue weighted by molar-refractivity contribution is 6.30. The number of carbonyl (C=O) groups excluding carboxylic acids is 2. The molecule has 0 N–H and O–H groups in total. The molecule has 1 aliphatic rings. The molecule has 4 rings (SSSR count). The van der Waals surface area contributed by atoms with Gasteiger partial charge in [0.05, 0.1) is 0 Å². The number of hydrogen-bond donors (Lipinski definition) is 0. The summed E-state index contributed by atoms with van der Waals surface area (Å²) in [7, 11) is 0. The lowest BCUT2D eigenvalue weighted by Crippen LogP contribution is -2.51. The van der Waals surface area contributed by atoms with Crippen LogP contribution in [0.5, 0.6) is 0 Å². The topological polar surface area (TPSA) is 54.8 Å². The Hall–Kier alpha value is -2.99. The first-order chi connectivity index (χ1) is 15.2. The molecule has 7 heteroatoms. The summed E-state index contributed by atoms with van der Waals surface area (Å²) < 4.78 is 7.52. The average Bonchev–Trinajstić information content (AvgIpc) is 3.12. The Morgan fingerprint density at radius 2 is 1.56 bits per heavy atom. The molecular formula is C25H28ClN3O3. The fraction of sp³-hybridized carbons (Fsp3) is 0.360. The molecule has 1 saturated heterocycles. The first-order valence-corrected chi connectivity index (χ1v) is 11.2. The Balaban J connectivity index is 1.54. The number of hydrogen-bond acceptors (Lipinski definition) is 3. The van der Waals surface area contributed by atoms with E-state index in [1.54, 1.807) is 4.90 Å². The third-order valence-corrected chi connectivity index (χ3v) is 5.75. The predicted octanol–water partition coefficient (Wildman–Crippen LogP) is 5.04. The van der Waals surface area contributed by atoms with Crippen molar-refractivity contribution in [1.82, 2.24) is 14.4 Å². The van der Waals surface area contributed by atoms with E-state index in [-0.39, 0.29) is 12.0 Å². The largest absolute Gasteiger partial charge is 0.444 e. The van der Waals surface area contributed by atoms with Gasteiger partial charge in [-0.3, -0.25) is 4.79 Å². The van der Waals surface area contributed by atoms with Crippen molar-refractivity contribution in [3.63, 3.8) is 0 Å². The maximum absolute atomic E-state index is 13.5. The van der Waals surface area contributed by atoms with Crippen LogP contribution in [-0.4, -0.2) is 58.1 Å². The summed E-state index contributed by atoms with van der Waals surface area (Å²) in [6.45, 7) is 7.99. The van der Waals surface area contributed by atoms with Crippen LogP contribution in [0, 0.1) is 0 Å². The summed E-state index contributed by atoms with van der Waals surface area (Å²) >= 11 is 6.04. The van der Waals surface area contributed by atoms with Gasteiger partial charge in [0.25, 0.3) is 5.91 Å². The van der Waals surface area contributed by atoms with Crippen LogP contribution in [0.25, 0.3) is 10.9 Å². The third kappa shape index (κ3) is 4.91. The van der Waals surface area contributed by atoms with Crippen LogP contribution in [0.2, 0.25) is 5.02 Å². The number of rotatable bonds is 3. The molecule has 6 nitrogen and oxygen atoms in total. The van der Waals surface area contributed by atoms with E-state index in [0.29, 0.717) is 43.4 Å². The molecule has 0 unspecified atom stereocenters. The second kappa shape index (κ2) is 8.87. The first-order valence-electron chi connectivity index (χ1n) is 10.8. The van der Waals surface area contributed by atoms with E-state index in [2.05, 4.69) is 4.57 Å². The molecule has 2 aromatic carbocycles. The van der Waals surface area contributed by atoms with Gasteiger partial charge in [0.15, 0.2) is 0 Å². The molecule has 1 fully saturated rings. The van der Waals surface area contributed by atoms with Gasteiger partial charge >= 0.3 is 6.09 Å². The van der Waals surface area contributed by atoms with Crippen molar-refractivity contribution in [3.05, 3.63) is 70.9 Å². The second-order valence-corrected chi connectivity index (χ2v) is 9.50. The van der Waals surface area contributed by atoms with Crippen LogP contribution in [0.15, 0.2) is 54.6 Å². The summed E-state index contributed by atoms with van der Waals surface area (Å²) in [5, 5.41) is 1.71. The predicted molar refractivity (Wildman–Crippen MR) is 126 cm³/mol. The fourth-order valence-corrected chi connectivity index (χ4v) is 4.04. The molecule has 1 aromatic heterocycles. The molecule has 0 aliphatic carbocycles. The number of halogens is 1. The number of piperazine rings is 1. The van der Waals surface area contributed by atoms with Gasteiger partial charge in [-0.15, -0.1) is 0 Å². The Morgan fingerprint density at radius 1 is 0.938 bits per heavy atom. The van der Waals surface area contributed by atoms with E-state index in [1.807, 2.05) is 80.3 Å². The maximum atomic E-state index is 13.5. The van der Waals surface area contributed by atoms with Crippen molar-refractivity contribution in [2.24, 2.45) is 0 Å². The molecule has 0 atom stereocenters. The lowest BCUT2D eigenvalue weighted by atomic mass is 10.2. The number of fused-ring (bicyclic) bond motifs is 1. The lowest BCUT2D eigenvalue weighted by Gasteiger charge is -2.35. The highest BCUT2D eigenvalue weighted by Crippen LogP contribution is 2.24. The number of para-hydroxylation sites is 1. The zero-order chi connectivity index (χ0) is 22.9.